The number of benzene rings is 1. The number of nitrogens with zero attached hydrogens (tertiary/aromatic N) is 4. The summed E-state index contributed by atoms with van der Waals surface area (Å²) in [5.41, 5.74) is -0.0175. The van der Waals surface area contributed by atoms with E-state index in [9.17, 15) is 22.8 Å². The number of piperazine rings is 1. The molecule has 29 heavy (non-hydrogen) atoms. The Hall–Kier alpha value is -2.29. The predicted molar refractivity (Wildman–Crippen MR) is 104 cm³/mol. The van der Waals surface area contributed by atoms with Gasteiger partial charge >= 0.3 is 12.2 Å². The van der Waals surface area contributed by atoms with E-state index in [4.69, 9.17) is 0 Å². The molecule has 1 aromatic carbocycles. The zero-order chi connectivity index (χ0) is 21.0. The molecule has 0 aliphatic carbocycles. The molecule has 2 saturated heterocycles. The summed E-state index contributed by atoms with van der Waals surface area (Å²) in [7, 11) is 0. The SMILES string of the molecule is CCN1CC(=O)N(CCCCN2CCN(c3cccc(C(F)(F)F)c3)CC2)C1=O. The number of hydrogen-bond donors (Lipinski definition) is 0. The molecule has 9 heteroatoms. The van der Waals surface area contributed by atoms with Crippen molar-refractivity contribution in [3.63, 3.8) is 0 Å². The topological polar surface area (TPSA) is 47.1 Å². The van der Waals surface area contributed by atoms with Gasteiger partial charge in [0.2, 0.25) is 5.91 Å². The number of urea groups is 1. The molecule has 2 aliphatic heterocycles. The Balaban J connectivity index is 1.40. The first-order valence-electron chi connectivity index (χ1n) is 10.0. The highest BCUT2D eigenvalue weighted by Crippen LogP contribution is 2.31. The average molecular weight is 412 g/mol. The lowest BCUT2D eigenvalue weighted by Gasteiger charge is -2.36. The molecule has 0 N–H and O–H groups in total. The summed E-state index contributed by atoms with van der Waals surface area (Å²) in [5, 5.41) is 0. The van der Waals surface area contributed by atoms with Gasteiger partial charge in [-0.15, -0.1) is 0 Å². The van der Waals surface area contributed by atoms with Crippen molar-refractivity contribution in [3.05, 3.63) is 29.8 Å². The van der Waals surface area contributed by atoms with E-state index in [1.807, 2.05) is 11.8 Å². The standard InChI is InChI=1S/C20H27F3N4O2/c1-2-25-15-18(28)27(19(25)29)9-4-3-8-24-10-12-26(13-11-24)17-7-5-6-16(14-17)20(21,22)23/h5-7,14H,2-4,8-13,15H2,1H3. The number of carbonyl (C=O) groups excluding carboxylic acids is 2. The van der Waals surface area contributed by atoms with Crippen molar-refractivity contribution in [2.75, 3.05) is 57.3 Å². The summed E-state index contributed by atoms with van der Waals surface area (Å²) in [4.78, 5) is 31.0. The van der Waals surface area contributed by atoms with Gasteiger partial charge in [0.25, 0.3) is 0 Å². The smallest absolute Gasteiger partial charge is 0.369 e. The van der Waals surface area contributed by atoms with E-state index in [2.05, 4.69) is 4.90 Å². The molecule has 0 bridgehead atoms. The van der Waals surface area contributed by atoms with Gasteiger partial charge in [0.15, 0.2) is 0 Å². The van der Waals surface area contributed by atoms with Crippen LogP contribution in [0, 0.1) is 0 Å². The number of carbonyl (C=O) groups is 2. The van der Waals surface area contributed by atoms with Gasteiger partial charge in [-0.2, -0.15) is 13.2 Å². The Bertz CT molecular complexity index is 733. The molecule has 0 aromatic heterocycles. The van der Waals surface area contributed by atoms with Crippen LogP contribution >= 0.6 is 0 Å². The van der Waals surface area contributed by atoms with Crippen molar-refractivity contribution in [3.8, 4) is 0 Å². The molecule has 3 rings (SSSR count). The molecule has 0 spiro atoms. The highest BCUT2D eigenvalue weighted by atomic mass is 19.4. The van der Waals surface area contributed by atoms with Crippen LogP contribution in [-0.4, -0.2) is 79.0 Å². The summed E-state index contributed by atoms with van der Waals surface area (Å²) in [6.07, 6.45) is -2.71. The van der Waals surface area contributed by atoms with Gasteiger partial charge in [0.1, 0.15) is 6.54 Å². The van der Waals surface area contributed by atoms with E-state index < -0.39 is 11.7 Å². The third-order valence-electron chi connectivity index (χ3n) is 5.53. The van der Waals surface area contributed by atoms with Crippen molar-refractivity contribution in [2.45, 2.75) is 25.9 Å². The Morgan fingerprint density at radius 2 is 1.69 bits per heavy atom. The number of imide groups is 1. The molecule has 2 heterocycles. The maximum absolute atomic E-state index is 12.9. The normalized spacial score (nSPS) is 18.8. The molecule has 3 amide bonds. The number of hydrogen-bond acceptors (Lipinski definition) is 4. The van der Waals surface area contributed by atoms with Crippen LogP contribution in [-0.2, 0) is 11.0 Å². The van der Waals surface area contributed by atoms with E-state index >= 15 is 0 Å². The van der Waals surface area contributed by atoms with Crippen LogP contribution < -0.4 is 4.90 Å². The summed E-state index contributed by atoms with van der Waals surface area (Å²) < 4.78 is 38.7. The minimum absolute atomic E-state index is 0.133. The van der Waals surface area contributed by atoms with Gasteiger partial charge in [-0.3, -0.25) is 14.6 Å². The van der Waals surface area contributed by atoms with E-state index in [0.717, 1.165) is 38.5 Å². The van der Waals surface area contributed by atoms with Crippen molar-refractivity contribution in [1.82, 2.24) is 14.7 Å². The number of unbranched alkanes of at least 4 members (excludes halogenated alkanes) is 1. The van der Waals surface area contributed by atoms with Crippen LogP contribution in [0.1, 0.15) is 25.3 Å². The Kier molecular flexibility index (Phi) is 6.66. The summed E-state index contributed by atoms with van der Waals surface area (Å²) in [6.45, 7) is 6.77. The first kappa shape index (κ1) is 21.4. The van der Waals surface area contributed by atoms with E-state index in [1.165, 1.54) is 21.9 Å². The molecule has 0 atom stereocenters. The van der Waals surface area contributed by atoms with Gasteiger partial charge in [0.05, 0.1) is 5.56 Å². The predicted octanol–water partition coefficient (Wildman–Crippen LogP) is 2.89. The molecule has 160 valence electrons. The lowest BCUT2D eigenvalue weighted by atomic mass is 10.1. The number of likely N-dealkylation sites (N-methyl/N-ethyl adjacent to an activating group) is 1. The van der Waals surface area contributed by atoms with E-state index in [0.29, 0.717) is 31.9 Å². The largest absolute Gasteiger partial charge is 0.416 e. The quantitative estimate of drug-likeness (QED) is 0.511. The molecule has 2 fully saturated rings. The number of amides is 3. The van der Waals surface area contributed by atoms with Crippen LogP contribution in [0.25, 0.3) is 0 Å². The molecule has 1 aromatic rings. The maximum Gasteiger partial charge on any atom is 0.416 e. The summed E-state index contributed by atoms with van der Waals surface area (Å²) in [5.74, 6) is -0.133. The van der Waals surface area contributed by atoms with Gasteiger partial charge in [0, 0.05) is 45.0 Å². The second-order valence-electron chi connectivity index (χ2n) is 7.43. The third-order valence-corrected chi connectivity index (χ3v) is 5.53. The Morgan fingerprint density at radius 1 is 1.00 bits per heavy atom. The van der Waals surface area contributed by atoms with Crippen LogP contribution in [0.3, 0.4) is 0 Å². The number of rotatable bonds is 7. The lowest BCUT2D eigenvalue weighted by Crippen LogP contribution is -2.46. The lowest BCUT2D eigenvalue weighted by molar-refractivity contribution is -0.137. The molecule has 0 radical (unpaired) electrons. The van der Waals surface area contributed by atoms with Gasteiger partial charge < -0.3 is 9.80 Å². The summed E-state index contributed by atoms with van der Waals surface area (Å²) >= 11 is 0. The fraction of sp³-hybridized carbons (Fsp3) is 0.600. The first-order chi connectivity index (χ1) is 13.8. The highest BCUT2D eigenvalue weighted by Gasteiger charge is 2.34. The molecule has 6 nitrogen and oxygen atoms in total. The minimum atomic E-state index is -4.33. The van der Waals surface area contributed by atoms with Crippen molar-refractivity contribution < 1.29 is 22.8 Å². The maximum atomic E-state index is 12.9. The second kappa shape index (κ2) is 9.02. The van der Waals surface area contributed by atoms with Crippen LogP contribution in [0.4, 0.5) is 23.7 Å². The summed E-state index contributed by atoms with van der Waals surface area (Å²) in [6, 6.07) is 5.26. The van der Waals surface area contributed by atoms with Crippen molar-refractivity contribution >= 4 is 17.6 Å². The van der Waals surface area contributed by atoms with Gasteiger partial charge in [-0.25, -0.2) is 4.79 Å². The van der Waals surface area contributed by atoms with Crippen molar-refractivity contribution in [1.29, 1.82) is 0 Å². The highest BCUT2D eigenvalue weighted by molar-refractivity contribution is 6.01. The molecular formula is C20H27F3N4O2. The second-order valence-corrected chi connectivity index (χ2v) is 7.43. The zero-order valence-corrected chi connectivity index (χ0v) is 16.6. The van der Waals surface area contributed by atoms with Crippen LogP contribution in [0.15, 0.2) is 24.3 Å². The third kappa shape index (κ3) is 5.20. The fourth-order valence-electron chi connectivity index (χ4n) is 3.77. The first-order valence-corrected chi connectivity index (χ1v) is 10.0. The number of halogens is 3. The Morgan fingerprint density at radius 3 is 2.31 bits per heavy atom. The van der Waals surface area contributed by atoms with E-state index in [-0.39, 0.29) is 18.5 Å². The monoisotopic (exact) mass is 412 g/mol. The molecule has 2 aliphatic rings. The van der Waals surface area contributed by atoms with Crippen molar-refractivity contribution in [2.24, 2.45) is 0 Å². The van der Waals surface area contributed by atoms with Crippen LogP contribution in [0.5, 0.6) is 0 Å². The minimum Gasteiger partial charge on any atom is -0.369 e. The van der Waals surface area contributed by atoms with E-state index in [1.54, 1.807) is 6.07 Å². The van der Waals surface area contributed by atoms with Gasteiger partial charge in [-0.05, 0) is 44.5 Å². The van der Waals surface area contributed by atoms with Gasteiger partial charge in [-0.1, -0.05) is 6.07 Å². The average Bonchev–Trinajstić information content (AvgIpc) is 2.98. The zero-order valence-electron chi connectivity index (χ0n) is 16.6. The molecule has 0 saturated carbocycles. The van der Waals surface area contributed by atoms with Crippen LogP contribution in [0.2, 0.25) is 0 Å². The fourth-order valence-corrected chi connectivity index (χ4v) is 3.77. The Labute approximate surface area is 168 Å². The molecule has 0 unspecified atom stereocenters. The number of alkyl halides is 3. The molecular weight excluding hydrogens is 385 g/mol. The number of anilines is 1.